The monoisotopic (exact) mass is 286 g/mol. The molecule has 1 fully saturated rings. The van der Waals surface area contributed by atoms with E-state index < -0.39 is 23.0 Å². The Morgan fingerprint density at radius 3 is 1.67 bits per heavy atom. The molecule has 0 aromatic carbocycles. The van der Waals surface area contributed by atoms with Crippen molar-refractivity contribution in [3.63, 3.8) is 0 Å². The molecule has 0 amide bonds. The van der Waals surface area contributed by atoms with E-state index in [1.165, 1.54) is 13.8 Å². The molecule has 5 heteroatoms. The van der Waals surface area contributed by atoms with Crippen molar-refractivity contribution < 1.29 is 14.3 Å². The van der Waals surface area contributed by atoms with E-state index in [4.69, 9.17) is 4.74 Å². The van der Waals surface area contributed by atoms with Crippen LogP contribution in [0.3, 0.4) is 0 Å². The van der Waals surface area contributed by atoms with Gasteiger partial charge in [-0.1, -0.05) is 12.2 Å². The van der Waals surface area contributed by atoms with Crippen LogP contribution in [0.1, 0.15) is 39.5 Å². The molecule has 0 radical (unpaired) electrons. The Bertz CT molecular complexity index is 533. The maximum atomic E-state index is 11.2. The molecular weight excluding hydrogens is 268 g/mol. The molecule has 0 unspecified atom stereocenters. The maximum Gasteiger partial charge on any atom is 0.129 e. The van der Waals surface area contributed by atoms with Crippen LogP contribution in [0, 0.1) is 34.5 Å². The average molecular weight is 286 g/mol. The summed E-state index contributed by atoms with van der Waals surface area (Å²) in [6.07, 6.45) is 5.05. The zero-order valence-corrected chi connectivity index (χ0v) is 12.3. The third kappa shape index (κ3) is 2.50. The minimum absolute atomic E-state index is 0.0275. The zero-order chi connectivity index (χ0) is 15.7. The summed E-state index contributed by atoms with van der Waals surface area (Å²) in [4.78, 5) is 22.5. The first-order valence-electron chi connectivity index (χ1n) is 7.08. The van der Waals surface area contributed by atoms with Gasteiger partial charge in [-0.05, 0) is 26.7 Å². The molecule has 1 saturated heterocycles. The molecule has 2 bridgehead atoms. The maximum absolute atomic E-state index is 11.2. The Morgan fingerprint density at radius 1 is 1.00 bits per heavy atom. The van der Waals surface area contributed by atoms with E-state index in [0.29, 0.717) is 25.7 Å². The summed E-state index contributed by atoms with van der Waals surface area (Å²) in [5.41, 5.74) is -1.73. The van der Waals surface area contributed by atoms with E-state index in [1.54, 1.807) is 0 Å². The summed E-state index contributed by atoms with van der Waals surface area (Å²) in [5.74, 6) is -1.14. The number of carbonyl (C=O) groups is 2. The molecule has 2 heterocycles. The second-order valence-corrected chi connectivity index (χ2v) is 5.96. The first-order chi connectivity index (χ1) is 9.89. The van der Waals surface area contributed by atoms with Gasteiger partial charge >= 0.3 is 0 Å². The van der Waals surface area contributed by atoms with Crippen LogP contribution in [0.15, 0.2) is 12.2 Å². The number of fused-ring (bicyclic) bond motifs is 2. The van der Waals surface area contributed by atoms with Gasteiger partial charge in [0, 0.05) is 12.8 Å². The molecule has 4 atom stereocenters. The van der Waals surface area contributed by atoms with Gasteiger partial charge in [0.15, 0.2) is 0 Å². The highest BCUT2D eigenvalue weighted by Gasteiger charge is 2.64. The fourth-order valence-electron chi connectivity index (χ4n) is 3.29. The first-order valence-corrected chi connectivity index (χ1v) is 7.08. The zero-order valence-electron chi connectivity index (χ0n) is 12.3. The summed E-state index contributed by atoms with van der Waals surface area (Å²) >= 11 is 0. The van der Waals surface area contributed by atoms with Crippen LogP contribution in [0.4, 0.5) is 0 Å². The van der Waals surface area contributed by atoms with Crippen molar-refractivity contribution in [3.8, 4) is 12.1 Å². The van der Waals surface area contributed by atoms with E-state index in [2.05, 4.69) is 12.1 Å². The molecule has 0 N–H and O–H groups in total. The van der Waals surface area contributed by atoms with E-state index in [9.17, 15) is 20.1 Å². The van der Waals surface area contributed by atoms with Gasteiger partial charge in [-0.2, -0.15) is 10.5 Å². The minimum Gasteiger partial charge on any atom is -0.358 e. The first kappa shape index (κ1) is 15.4. The third-order valence-electron chi connectivity index (χ3n) is 4.43. The number of rotatable bonds is 6. The third-order valence-corrected chi connectivity index (χ3v) is 4.43. The summed E-state index contributed by atoms with van der Waals surface area (Å²) in [5, 5.41) is 18.9. The smallest absolute Gasteiger partial charge is 0.129 e. The number of carbonyl (C=O) groups excluding carboxylic acids is 2. The van der Waals surface area contributed by atoms with E-state index in [-0.39, 0.29) is 11.6 Å². The Morgan fingerprint density at radius 2 is 1.38 bits per heavy atom. The van der Waals surface area contributed by atoms with Gasteiger partial charge in [-0.15, -0.1) is 0 Å². The Balaban J connectivity index is 2.29. The quantitative estimate of drug-likeness (QED) is 0.697. The second-order valence-electron chi connectivity index (χ2n) is 5.96. The molecule has 21 heavy (non-hydrogen) atoms. The van der Waals surface area contributed by atoms with Crippen molar-refractivity contribution in [3.05, 3.63) is 12.2 Å². The fourth-order valence-corrected chi connectivity index (χ4v) is 3.29. The summed E-state index contributed by atoms with van der Waals surface area (Å²) in [6, 6.07) is 4.36. The topological polar surface area (TPSA) is 90.9 Å². The number of Topliss-reactive ketones (excluding diaryl/α,β-unsaturated/α-hetero) is 2. The largest absolute Gasteiger partial charge is 0.358 e. The second kappa shape index (κ2) is 5.42. The summed E-state index contributed by atoms with van der Waals surface area (Å²) < 4.78 is 6.09. The predicted octanol–water partition coefficient (Wildman–Crippen LogP) is 2.08. The van der Waals surface area contributed by atoms with Crippen LogP contribution in [0.25, 0.3) is 0 Å². The van der Waals surface area contributed by atoms with E-state index >= 15 is 0 Å². The molecule has 2 rings (SSSR count). The summed E-state index contributed by atoms with van der Waals surface area (Å²) in [7, 11) is 0. The van der Waals surface area contributed by atoms with Crippen molar-refractivity contribution in [2.24, 2.45) is 11.8 Å². The standard InChI is InChI=1S/C16H18N2O3/c1-11(19)3-5-15-7-8-16(21-15,6-4-12(2)20)14(10-18)13(15)9-17/h7-8,13-14H,3-6H2,1-2H3/t13-,14-,15-,16+/m0/s1. The van der Waals surface area contributed by atoms with Crippen molar-refractivity contribution in [1.29, 1.82) is 10.5 Å². The number of ketones is 2. The van der Waals surface area contributed by atoms with Gasteiger partial charge < -0.3 is 14.3 Å². The molecule has 0 aromatic heterocycles. The van der Waals surface area contributed by atoms with Crippen LogP contribution in [-0.4, -0.2) is 22.8 Å². The predicted molar refractivity (Wildman–Crippen MR) is 73.7 cm³/mol. The SMILES string of the molecule is CC(=O)CC[C@@]12C=C[C@@](CCC(C)=O)(O1)[C@@H](C#N)[C@@H]2C#N. The Hall–Kier alpha value is -1.98. The lowest BCUT2D eigenvalue weighted by atomic mass is 9.69. The van der Waals surface area contributed by atoms with Gasteiger partial charge in [-0.25, -0.2) is 0 Å². The van der Waals surface area contributed by atoms with Crippen LogP contribution in [-0.2, 0) is 14.3 Å². The molecule has 2 aliphatic rings. The van der Waals surface area contributed by atoms with Crippen molar-refractivity contribution in [2.75, 3.05) is 0 Å². The van der Waals surface area contributed by atoms with Gasteiger partial charge in [0.25, 0.3) is 0 Å². The van der Waals surface area contributed by atoms with Crippen LogP contribution in [0.2, 0.25) is 0 Å². The van der Waals surface area contributed by atoms with Crippen LogP contribution < -0.4 is 0 Å². The lowest BCUT2D eigenvalue weighted by Crippen LogP contribution is -2.36. The van der Waals surface area contributed by atoms with Crippen molar-refractivity contribution >= 4 is 11.6 Å². The van der Waals surface area contributed by atoms with Crippen molar-refractivity contribution in [1.82, 2.24) is 0 Å². The lowest BCUT2D eigenvalue weighted by Gasteiger charge is -2.26. The molecule has 0 aliphatic carbocycles. The van der Waals surface area contributed by atoms with Gasteiger partial charge in [-0.3, -0.25) is 0 Å². The molecular formula is C16H18N2O3. The molecule has 2 aliphatic heterocycles. The number of ether oxygens (including phenoxy) is 1. The lowest BCUT2D eigenvalue weighted by molar-refractivity contribution is -0.119. The number of nitrogens with zero attached hydrogens (tertiary/aromatic N) is 2. The Labute approximate surface area is 124 Å². The van der Waals surface area contributed by atoms with E-state index in [1.807, 2.05) is 12.2 Å². The highest BCUT2D eigenvalue weighted by atomic mass is 16.5. The van der Waals surface area contributed by atoms with Crippen LogP contribution in [0.5, 0.6) is 0 Å². The number of hydrogen-bond acceptors (Lipinski definition) is 5. The molecule has 0 spiro atoms. The molecule has 110 valence electrons. The number of hydrogen-bond donors (Lipinski definition) is 0. The molecule has 0 saturated carbocycles. The fraction of sp³-hybridized carbons (Fsp3) is 0.625. The highest BCUT2D eigenvalue weighted by molar-refractivity contribution is 5.76. The van der Waals surface area contributed by atoms with Gasteiger partial charge in [0.05, 0.1) is 24.0 Å². The summed E-state index contributed by atoms with van der Waals surface area (Å²) in [6.45, 7) is 2.99. The normalized spacial score (nSPS) is 36.2. The molecule has 5 nitrogen and oxygen atoms in total. The van der Waals surface area contributed by atoms with Gasteiger partial charge in [0.2, 0.25) is 0 Å². The number of nitriles is 2. The highest BCUT2D eigenvalue weighted by Crippen LogP contribution is 2.56. The van der Waals surface area contributed by atoms with Gasteiger partial charge in [0.1, 0.15) is 22.8 Å². The average Bonchev–Trinajstić information content (AvgIpc) is 2.94. The van der Waals surface area contributed by atoms with Crippen molar-refractivity contribution in [2.45, 2.75) is 50.7 Å². The Kier molecular flexibility index (Phi) is 3.98. The van der Waals surface area contributed by atoms with E-state index in [0.717, 1.165) is 0 Å². The minimum atomic E-state index is -0.863. The van der Waals surface area contributed by atoms with Crippen LogP contribution >= 0.6 is 0 Å². The molecule has 0 aromatic rings.